The van der Waals surface area contributed by atoms with Crippen LogP contribution in [-0.2, 0) is 19.1 Å². The zero-order valence-electron chi connectivity index (χ0n) is 21.6. The van der Waals surface area contributed by atoms with E-state index >= 15 is 0 Å². The number of aliphatic hydroxyl groups is 1. The Morgan fingerprint density at radius 2 is 1.97 bits per heavy atom. The standard InChI is InChI=1S/C28H42N2O5S/c1-4-6-7-11-17-35-27(34)22-21-14-15-28(36-21)23(22)25(32)30(19(3)18-31)24(28)26(33)29(16-5-2)20-12-9-8-10-13-20/h4-5,19-24,31H,1-2,6-18H2,3H3/t19-,21-,22+,23+,24?,28?/m1/s1. The van der Waals surface area contributed by atoms with E-state index in [1.807, 2.05) is 11.0 Å². The summed E-state index contributed by atoms with van der Waals surface area (Å²) < 4.78 is 5.01. The van der Waals surface area contributed by atoms with E-state index in [0.717, 1.165) is 57.8 Å². The minimum absolute atomic E-state index is 0.0101. The van der Waals surface area contributed by atoms with Gasteiger partial charge in [-0.25, -0.2) is 0 Å². The first-order valence-corrected chi connectivity index (χ1v) is 14.6. The Balaban J connectivity index is 1.62. The van der Waals surface area contributed by atoms with E-state index in [9.17, 15) is 19.5 Å². The van der Waals surface area contributed by atoms with Crippen LogP contribution in [0.1, 0.15) is 71.1 Å². The number of thioether (sulfide) groups is 1. The summed E-state index contributed by atoms with van der Waals surface area (Å²) in [5.41, 5.74) is 0. The Bertz CT molecular complexity index is 859. The molecule has 0 aromatic rings. The zero-order valence-corrected chi connectivity index (χ0v) is 22.4. The average molecular weight is 519 g/mol. The third-order valence-corrected chi connectivity index (χ3v) is 10.6. The second-order valence-electron chi connectivity index (χ2n) is 10.9. The Kier molecular flexibility index (Phi) is 8.87. The molecule has 1 aliphatic carbocycles. The third kappa shape index (κ3) is 4.75. The van der Waals surface area contributed by atoms with Crippen LogP contribution >= 0.6 is 11.8 Å². The van der Waals surface area contributed by atoms with Gasteiger partial charge in [-0.3, -0.25) is 14.4 Å². The second kappa shape index (κ2) is 11.7. The van der Waals surface area contributed by atoms with E-state index < -0.39 is 28.7 Å². The minimum atomic E-state index is -0.681. The third-order valence-electron chi connectivity index (χ3n) is 8.65. The van der Waals surface area contributed by atoms with Gasteiger partial charge < -0.3 is 19.6 Å². The Labute approximate surface area is 219 Å². The van der Waals surface area contributed by atoms with Crippen molar-refractivity contribution in [1.29, 1.82) is 0 Å². The summed E-state index contributed by atoms with van der Waals surface area (Å²) in [5.74, 6) is -1.66. The molecule has 8 heteroatoms. The summed E-state index contributed by atoms with van der Waals surface area (Å²) in [6.07, 6.45) is 13.0. The smallest absolute Gasteiger partial charge is 0.310 e. The molecule has 1 saturated carbocycles. The second-order valence-corrected chi connectivity index (χ2v) is 12.5. The van der Waals surface area contributed by atoms with Crippen LogP contribution in [0.2, 0.25) is 0 Å². The Morgan fingerprint density at radius 1 is 1.22 bits per heavy atom. The lowest BCUT2D eigenvalue weighted by Crippen LogP contribution is -2.58. The van der Waals surface area contributed by atoms with E-state index in [4.69, 9.17) is 4.74 Å². The molecule has 3 aliphatic heterocycles. The fourth-order valence-corrected chi connectivity index (χ4v) is 9.16. The molecule has 2 bridgehead atoms. The van der Waals surface area contributed by atoms with E-state index in [0.29, 0.717) is 13.2 Å². The lowest BCUT2D eigenvalue weighted by atomic mass is 9.71. The number of unbranched alkanes of at least 4 members (excludes halogenated alkanes) is 2. The van der Waals surface area contributed by atoms with Gasteiger partial charge in [-0.2, -0.15) is 0 Å². The van der Waals surface area contributed by atoms with Gasteiger partial charge in [-0.05, 0) is 51.9 Å². The van der Waals surface area contributed by atoms with Crippen molar-refractivity contribution in [2.75, 3.05) is 19.8 Å². The molecule has 2 unspecified atom stereocenters. The number of hydrogen-bond donors (Lipinski definition) is 1. The molecule has 0 aromatic heterocycles. The molecule has 2 amide bonds. The van der Waals surface area contributed by atoms with Gasteiger partial charge in [0.05, 0.1) is 35.8 Å². The maximum Gasteiger partial charge on any atom is 0.310 e. The van der Waals surface area contributed by atoms with Crippen LogP contribution in [0.3, 0.4) is 0 Å². The van der Waals surface area contributed by atoms with Crippen molar-refractivity contribution in [2.45, 2.75) is 99.3 Å². The molecule has 1 N–H and O–H groups in total. The summed E-state index contributed by atoms with van der Waals surface area (Å²) in [4.78, 5) is 45.1. The van der Waals surface area contributed by atoms with Gasteiger partial charge in [0.1, 0.15) is 6.04 Å². The van der Waals surface area contributed by atoms with Crippen LogP contribution in [0, 0.1) is 11.8 Å². The van der Waals surface area contributed by atoms with Crippen LogP contribution in [0.15, 0.2) is 25.3 Å². The molecule has 3 heterocycles. The molecule has 0 aromatic carbocycles. The summed E-state index contributed by atoms with van der Waals surface area (Å²) in [5, 5.41) is 10.0. The van der Waals surface area contributed by atoms with Crippen molar-refractivity contribution in [3.05, 3.63) is 25.3 Å². The number of carbonyl (C=O) groups excluding carboxylic acids is 3. The number of allylic oxidation sites excluding steroid dienone is 1. The van der Waals surface area contributed by atoms with Crippen molar-refractivity contribution in [3.63, 3.8) is 0 Å². The molecule has 4 rings (SSSR count). The molecular weight excluding hydrogens is 476 g/mol. The van der Waals surface area contributed by atoms with Gasteiger partial charge in [0.2, 0.25) is 11.8 Å². The van der Waals surface area contributed by atoms with Crippen LogP contribution in [0.5, 0.6) is 0 Å². The number of amides is 2. The maximum absolute atomic E-state index is 14.4. The predicted molar refractivity (Wildman–Crippen MR) is 141 cm³/mol. The molecule has 6 atom stereocenters. The number of likely N-dealkylation sites (tertiary alicyclic amines) is 1. The van der Waals surface area contributed by atoms with E-state index in [-0.39, 0.29) is 35.7 Å². The molecular formula is C28H42N2O5S. The molecule has 7 nitrogen and oxygen atoms in total. The Hall–Kier alpha value is -1.80. The molecule has 1 spiro atoms. The number of hydrogen-bond acceptors (Lipinski definition) is 6. The van der Waals surface area contributed by atoms with Crippen molar-refractivity contribution < 1.29 is 24.2 Å². The average Bonchev–Trinajstić information content (AvgIpc) is 3.54. The number of rotatable bonds is 12. The van der Waals surface area contributed by atoms with Crippen LogP contribution in [0.4, 0.5) is 0 Å². The predicted octanol–water partition coefficient (Wildman–Crippen LogP) is 3.71. The summed E-state index contributed by atoms with van der Waals surface area (Å²) >= 11 is 1.66. The highest BCUT2D eigenvalue weighted by Gasteiger charge is 2.74. The van der Waals surface area contributed by atoms with E-state index in [1.54, 1.807) is 29.7 Å². The quantitative estimate of drug-likeness (QED) is 0.241. The monoisotopic (exact) mass is 518 g/mol. The number of esters is 1. The zero-order chi connectivity index (χ0) is 25.9. The van der Waals surface area contributed by atoms with E-state index in [1.165, 1.54) is 6.42 Å². The maximum atomic E-state index is 14.4. The SMILES string of the molecule is C=CCCCCOC(=O)[C@@H]1[C@H]2C(=O)N([C@H](C)CO)C(C(=O)N(CC=C)C3CCCCC3)C23CC[C@H]1S3. The summed E-state index contributed by atoms with van der Waals surface area (Å²) in [7, 11) is 0. The van der Waals surface area contributed by atoms with Crippen molar-refractivity contribution in [2.24, 2.45) is 11.8 Å². The topological polar surface area (TPSA) is 87.1 Å². The van der Waals surface area contributed by atoms with Gasteiger partial charge in [0.15, 0.2) is 0 Å². The van der Waals surface area contributed by atoms with Gasteiger partial charge in [-0.15, -0.1) is 24.9 Å². The van der Waals surface area contributed by atoms with Gasteiger partial charge in [0.25, 0.3) is 0 Å². The van der Waals surface area contributed by atoms with Gasteiger partial charge >= 0.3 is 5.97 Å². The lowest BCUT2D eigenvalue weighted by molar-refractivity contribution is -0.154. The first-order valence-electron chi connectivity index (χ1n) is 13.7. The lowest BCUT2D eigenvalue weighted by Gasteiger charge is -2.42. The normalized spacial score (nSPS) is 32.3. The first kappa shape index (κ1) is 27.2. The van der Waals surface area contributed by atoms with Gasteiger partial charge in [-0.1, -0.05) is 31.4 Å². The fourth-order valence-electron chi connectivity index (χ4n) is 6.97. The molecule has 0 radical (unpaired) electrons. The molecule has 3 saturated heterocycles. The van der Waals surface area contributed by atoms with Crippen molar-refractivity contribution in [3.8, 4) is 0 Å². The minimum Gasteiger partial charge on any atom is -0.465 e. The Morgan fingerprint density at radius 3 is 2.64 bits per heavy atom. The fraction of sp³-hybridized carbons (Fsp3) is 0.750. The molecule has 4 fully saturated rings. The van der Waals surface area contributed by atoms with Crippen LogP contribution < -0.4 is 0 Å². The highest BCUT2D eigenvalue weighted by Crippen LogP contribution is 2.67. The summed E-state index contributed by atoms with van der Waals surface area (Å²) in [6, 6.07) is -1.04. The number of ether oxygens (including phenoxy) is 1. The first-order chi connectivity index (χ1) is 17.4. The van der Waals surface area contributed by atoms with Crippen molar-refractivity contribution >= 4 is 29.5 Å². The number of aliphatic hydroxyl groups excluding tert-OH is 1. The summed E-state index contributed by atoms with van der Waals surface area (Å²) in [6.45, 7) is 9.96. The van der Waals surface area contributed by atoms with E-state index in [2.05, 4.69) is 13.2 Å². The molecule has 200 valence electrons. The highest BCUT2D eigenvalue weighted by molar-refractivity contribution is 8.02. The molecule has 4 aliphatic rings. The van der Waals surface area contributed by atoms with Crippen LogP contribution in [-0.4, -0.2) is 80.6 Å². The molecule has 36 heavy (non-hydrogen) atoms. The van der Waals surface area contributed by atoms with Gasteiger partial charge in [0, 0.05) is 17.8 Å². The van der Waals surface area contributed by atoms with Crippen LogP contribution in [0.25, 0.3) is 0 Å². The highest BCUT2D eigenvalue weighted by atomic mass is 32.2. The largest absolute Gasteiger partial charge is 0.465 e. The number of carbonyl (C=O) groups is 3. The number of nitrogens with zero attached hydrogens (tertiary/aromatic N) is 2. The number of fused-ring (bicyclic) bond motifs is 1. The van der Waals surface area contributed by atoms with Crippen molar-refractivity contribution in [1.82, 2.24) is 9.80 Å².